The van der Waals surface area contributed by atoms with Crippen LogP contribution in [0.5, 0.6) is 5.75 Å². The molecule has 0 unspecified atom stereocenters. The summed E-state index contributed by atoms with van der Waals surface area (Å²) in [7, 11) is -2.65. The van der Waals surface area contributed by atoms with Crippen molar-refractivity contribution in [2.45, 2.75) is 43.2 Å². The van der Waals surface area contributed by atoms with E-state index in [9.17, 15) is 21.6 Å². The summed E-state index contributed by atoms with van der Waals surface area (Å²) in [5, 5.41) is 12.0. The molecule has 0 bridgehead atoms. The van der Waals surface area contributed by atoms with Gasteiger partial charge < -0.3 is 15.2 Å². The molecular weight excluding hydrogens is 457 g/mol. The lowest BCUT2D eigenvalue weighted by atomic mass is 10.2. The number of rotatable bonds is 14. The number of nitrogens with one attached hydrogen (secondary N) is 1. The first-order chi connectivity index (χ1) is 15.7. The van der Waals surface area contributed by atoms with Crippen LogP contribution >= 0.6 is 0 Å². The Morgan fingerprint density at radius 2 is 1.52 bits per heavy atom. The van der Waals surface area contributed by atoms with E-state index in [4.69, 9.17) is 9.84 Å². The Kier molecular flexibility index (Phi) is 10.5. The number of aliphatic hydroxyl groups excluding tert-OH is 1. The molecule has 0 radical (unpaired) electrons. The van der Waals surface area contributed by atoms with E-state index in [1.807, 2.05) is 0 Å². The molecule has 6 nitrogen and oxygen atoms in total. The van der Waals surface area contributed by atoms with Gasteiger partial charge in [0.05, 0.1) is 22.8 Å². The van der Waals surface area contributed by atoms with E-state index in [0.717, 1.165) is 73.8 Å². The number of sulfonamides is 1. The molecule has 10 heteroatoms. The molecule has 0 spiro atoms. The van der Waals surface area contributed by atoms with Gasteiger partial charge in [-0.3, -0.25) is 4.31 Å². The van der Waals surface area contributed by atoms with Crippen LogP contribution in [-0.2, 0) is 16.2 Å². The van der Waals surface area contributed by atoms with Crippen LogP contribution in [0.2, 0.25) is 0 Å². The summed E-state index contributed by atoms with van der Waals surface area (Å²) in [6.45, 7) is 2.52. The minimum absolute atomic E-state index is 0.205. The van der Waals surface area contributed by atoms with Crippen molar-refractivity contribution in [3.63, 3.8) is 0 Å². The lowest BCUT2D eigenvalue weighted by molar-refractivity contribution is -0.137. The Bertz CT molecular complexity index is 934. The van der Waals surface area contributed by atoms with Crippen LogP contribution in [0.4, 0.5) is 18.9 Å². The predicted molar refractivity (Wildman–Crippen MR) is 122 cm³/mol. The van der Waals surface area contributed by atoms with Crippen LogP contribution in [0.15, 0.2) is 53.4 Å². The number of aliphatic hydroxyl groups is 1. The van der Waals surface area contributed by atoms with Gasteiger partial charge in [-0.15, -0.1) is 0 Å². The third-order valence-electron chi connectivity index (χ3n) is 5.07. The van der Waals surface area contributed by atoms with Crippen molar-refractivity contribution in [2.24, 2.45) is 0 Å². The molecule has 0 fully saturated rings. The monoisotopic (exact) mass is 488 g/mol. The zero-order valence-electron chi connectivity index (χ0n) is 18.6. The second kappa shape index (κ2) is 12.8. The normalized spacial score (nSPS) is 12.0. The van der Waals surface area contributed by atoms with E-state index in [2.05, 4.69) is 5.32 Å². The molecule has 0 saturated heterocycles. The summed E-state index contributed by atoms with van der Waals surface area (Å²) in [5.74, 6) is 0.616. The maximum atomic E-state index is 12.7. The van der Waals surface area contributed by atoms with Crippen molar-refractivity contribution >= 4 is 15.7 Å². The van der Waals surface area contributed by atoms with Crippen LogP contribution in [0.3, 0.4) is 0 Å². The van der Waals surface area contributed by atoms with Gasteiger partial charge in [-0.05, 0) is 80.9 Å². The number of alkyl halides is 3. The summed E-state index contributed by atoms with van der Waals surface area (Å²) < 4.78 is 70.4. The number of halogens is 3. The standard InChI is InChI=1S/C23H31F3N2O4S/c1-28(33(30,31)22-13-7-19(8-14-22)23(24,25)26)20-9-11-21(12-10-20)32-18-5-3-2-4-15-27-16-6-17-29/h7-14,27,29H,2-6,15-18H2,1H3. The van der Waals surface area contributed by atoms with Crippen molar-refractivity contribution in [2.75, 3.05) is 37.7 Å². The van der Waals surface area contributed by atoms with E-state index >= 15 is 0 Å². The van der Waals surface area contributed by atoms with Crippen molar-refractivity contribution in [1.29, 1.82) is 0 Å². The molecule has 0 aliphatic heterocycles. The molecule has 2 aromatic carbocycles. The van der Waals surface area contributed by atoms with Gasteiger partial charge in [0.2, 0.25) is 0 Å². The summed E-state index contributed by atoms with van der Waals surface area (Å²) >= 11 is 0. The van der Waals surface area contributed by atoms with Gasteiger partial charge in [-0.25, -0.2) is 8.42 Å². The van der Waals surface area contributed by atoms with Gasteiger partial charge >= 0.3 is 6.18 Å². The Labute approximate surface area is 193 Å². The Balaban J connectivity index is 1.80. The highest BCUT2D eigenvalue weighted by Crippen LogP contribution is 2.31. The van der Waals surface area contributed by atoms with Crippen molar-refractivity contribution in [1.82, 2.24) is 5.32 Å². The van der Waals surface area contributed by atoms with Gasteiger partial charge in [0, 0.05) is 13.7 Å². The molecule has 2 aromatic rings. The number of ether oxygens (including phenoxy) is 1. The summed E-state index contributed by atoms with van der Waals surface area (Å²) in [6, 6.07) is 9.94. The van der Waals surface area contributed by atoms with E-state index in [0.29, 0.717) is 18.0 Å². The average molecular weight is 489 g/mol. The zero-order valence-corrected chi connectivity index (χ0v) is 19.5. The first-order valence-corrected chi connectivity index (χ1v) is 12.3. The van der Waals surface area contributed by atoms with Gasteiger partial charge in [0.15, 0.2) is 0 Å². The van der Waals surface area contributed by atoms with E-state index < -0.39 is 21.8 Å². The molecule has 0 aliphatic rings. The number of benzene rings is 2. The average Bonchev–Trinajstić information content (AvgIpc) is 2.79. The van der Waals surface area contributed by atoms with E-state index in [1.165, 1.54) is 7.05 Å². The van der Waals surface area contributed by atoms with Crippen molar-refractivity contribution < 1.29 is 31.4 Å². The molecule has 2 rings (SSSR count). The van der Waals surface area contributed by atoms with Crippen LogP contribution in [-0.4, -0.2) is 46.9 Å². The third kappa shape index (κ3) is 8.53. The Hall–Kier alpha value is -2.30. The second-order valence-corrected chi connectivity index (χ2v) is 9.55. The molecule has 0 heterocycles. The Morgan fingerprint density at radius 3 is 2.12 bits per heavy atom. The number of anilines is 1. The van der Waals surface area contributed by atoms with E-state index in [-0.39, 0.29) is 11.5 Å². The number of unbranched alkanes of at least 4 members (excludes halogenated alkanes) is 3. The highest BCUT2D eigenvalue weighted by molar-refractivity contribution is 7.92. The third-order valence-corrected chi connectivity index (χ3v) is 6.87. The molecule has 0 atom stereocenters. The van der Waals surface area contributed by atoms with Crippen LogP contribution in [0, 0.1) is 0 Å². The number of hydrogen-bond acceptors (Lipinski definition) is 5. The summed E-state index contributed by atoms with van der Waals surface area (Å²) in [6.07, 6.45) is 0.334. The van der Waals surface area contributed by atoms with Crippen molar-refractivity contribution in [3.05, 3.63) is 54.1 Å². The fraction of sp³-hybridized carbons (Fsp3) is 0.478. The fourth-order valence-corrected chi connectivity index (χ4v) is 4.29. The number of nitrogens with zero attached hydrogens (tertiary/aromatic N) is 1. The smallest absolute Gasteiger partial charge is 0.416 e. The predicted octanol–water partition coefficient (Wildman–Crippen LogP) is 4.44. The molecule has 0 aliphatic carbocycles. The first kappa shape index (κ1) is 26.9. The lowest BCUT2D eigenvalue weighted by Gasteiger charge is -2.20. The van der Waals surface area contributed by atoms with Gasteiger partial charge in [0.25, 0.3) is 10.0 Å². The summed E-state index contributed by atoms with van der Waals surface area (Å²) in [5.41, 5.74) is -0.531. The van der Waals surface area contributed by atoms with Crippen molar-refractivity contribution in [3.8, 4) is 5.75 Å². The number of hydrogen-bond donors (Lipinski definition) is 2. The second-order valence-electron chi connectivity index (χ2n) is 7.58. The molecule has 0 amide bonds. The largest absolute Gasteiger partial charge is 0.494 e. The molecular formula is C23H31F3N2O4S. The highest BCUT2D eigenvalue weighted by Gasteiger charge is 2.31. The van der Waals surface area contributed by atoms with Gasteiger partial charge in [0.1, 0.15) is 5.75 Å². The Morgan fingerprint density at radius 1 is 0.909 bits per heavy atom. The SMILES string of the molecule is CN(c1ccc(OCCCCCCNCCCO)cc1)S(=O)(=O)c1ccc(C(F)(F)F)cc1. The lowest BCUT2D eigenvalue weighted by Crippen LogP contribution is -2.26. The van der Waals surface area contributed by atoms with E-state index in [1.54, 1.807) is 24.3 Å². The molecule has 0 saturated carbocycles. The molecule has 0 aromatic heterocycles. The quantitative estimate of drug-likeness (QED) is 0.385. The van der Waals surface area contributed by atoms with Crippen LogP contribution in [0.25, 0.3) is 0 Å². The zero-order chi connectivity index (χ0) is 24.3. The topological polar surface area (TPSA) is 78.9 Å². The molecule has 184 valence electrons. The van der Waals surface area contributed by atoms with Gasteiger partial charge in [-0.1, -0.05) is 12.8 Å². The molecule has 2 N–H and O–H groups in total. The molecule has 33 heavy (non-hydrogen) atoms. The maximum absolute atomic E-state index is 12.7. The van der Waals surface area contributed by atoms with Crippen LogP contribution < -0.4 is 14.4 Å². The fourth-order valence-electron chi connectivity index (χ4n) is 3.09. The van der Waals surface area contributed by atoms with Gasteiger partial charge in [-0.2, -0.15) is 13.2 Å². The first-order valence-electron chi connectivity index (χ1n) is 10.9. The highest BCUT2D eigenvalue weighted by atomic mass is 32.2. The minimum atomic E-state index is -4.53. The van der Waals surface area contributed by atoms with Crippen LogP contribution in [0.1, 0.15) is 37.7 Å². The maximum Gasteiger partial charge on any atom is 0.416 e. The minimum Gasteiger partial charge on any atom is -0.494 e. The summed E-state index contributed by atoms with van der Waals surface area (Å²) in [4.78, 5) is -0.220.